The van der Waals surface area contributed by atoms with Gasteiger partial charge in [-0.1, -0.05) is 24.3 Å². The van der Waals surface area contributed by atoms with E-state index in [1.54, 1.807) is 56.3 Å². The number of nitrogens with zero attached hydrogens (tertiary/aromatic N) is 2. The van der Waals surface area contributed by atoms with Crippen molar-refractivity contribution in [2.75, 3.05) is 13.7 Å². The second kappa shape index (κ2) is 8.31. The van der Waals surface area contributed by atoms with Crippen molar-refractivity contribution in [3.05, 3.63) is 69.6 Å². The van der Waals surface area contributed by atoms with Gasteiger partial charge in [0.2, 0.25) is 10.0 Å². The van der Waals surface area contributed by atoms with Crippen LogP contribution in [-0.2, 0) is 26.1 Å². The summed E-state index contributed by atoms with van der Waals surface area (Å²) in [5.41, 5.74) is 1.42. The third-order valence-corrected chi connectivity index (χ3v) is 8.30. The Labute approximate surface area is 186 Å². The van der Waals surface area contributed by atoms with Gasteiger partial charge in [0.15, 0.2) is 0 Å². The zero-order valence-corrected chi connectivity index (χ0v) is 19.0. The molecule has 0 amide bonds. The van der Waals surface area contributed by atoms with Gasteiger partial charge in [0.25, 0.3) is 5.56 Å². The Morgan fingerprint density at radius 2 is 2.03 bits per heavy atom. The summed E-state index contributed by atoms with van der Waals surface area (Å²) >= 11 is 0. The number of esters is 1. The Bertz CT molecular complexity index is 1250. The summed E-state index contributed by atoms with van der Waals surface area (Å²) in [4.78, 5) is 26.0. The van der Waals surface area contributed by atoms with Crippen molar-refractivity contribution in [1.82, 2.24) is 8.87 Å². The number of methoxy groups -OCH3 is 1. The molecule has 32 heavy (non-hydrogen) atoms. The Balaban J connectivity index is 1.96. The predicted molar refractivity (Wildman–Crippen MR) is 118 cm³/mol. The number of rotatable bonds is 5. The van der Waals surface area contributed by atoms with Crippen molar-refractivity contribution in [2.45, 2.75) is 37.4 Å². The summed E-state index contributed by atoms with van der Waals surface area (Å²) in [6.07, 6.45) is 3.44. The number of aromatic nitrogens is 1. The molecule has 0 radical (unpaired) electrons. The number of fused-ring (bicyclic) bond motifs is 4. The third kappa shape index (κ3) is 3.32. The molecule has 0 unspecified atom stereocenters. The van der Waals surface area contributed by atoms with E-state index in [9.17, 15) is 23.1 Å². The maximum atomic E-state index is 13.8. The highest BCUT2D eigenvalue weighted by molar-refractivity contribution is 7.89. The Kier molecular flexibility index (Phi) is 5.83. The molecule has 2 aliphatic heterocycles. The zero-order chi connectivity index (χ0) is 23.2. The number of pyridine rings is 1. The first-order valence-corrected chi connectivity index (χ1v) is 11.9. The van der Waals surface area contributed by atoms with Gasteiger partial charge >= 0.3 is 5.97 Å². The summed E-state index contributed by atoms with van der Waals surface area (Å²) in [6, 6.07) is 8.14. The monoisotopic (exact) mass is 458 g/mol. The molecule has 0 spiro atoms. The predicted octanol–water partition coefficient (Wildman–Crippen LogP) is 1.72. The van der Waals surface area contributed by atoms with Crippen LogP contribution in [0.1, 0.15) is 29.8 Å². The lowest BCUT2D eigenvalue weighted by molar-refractivity contribution is -0.148. The number of aliphatic hydroxyl groups excluding tert-OH is 1. The maximum absolute atomic E-state index is 13.8. The van der Waals surface area contributed by atoms with Gasteiger partial charge in [-0.05, 0) is 43.7 Å². The van der Waals surface area contributed by atoms with Crippen LogP contribution in [0.2, 0.25) is 0 Å². The van der Waals surface area contributed by atoms with Gasteiger partial charge in [-0.25, -0.2) is 8.42 Å². The molecule has 1 N–H and O–H groups in total. The normalized spacial score (nSPS) is 25.1. The lowest BCUT2D eigenvalue weighted by Crippen LogP contribution is -2.49. The number of hydrogen-bond acceptors (Lipinski definition) is 6. The lowest BCUT2D eigenvalue weighted by Gasteiger charge is -2.37. The quantitative estimate of drug-likeness (QED) is 0.684. The van der Waals surface area contributed by atoms with E-state index in [1.807, 2.05) is 0 Å². The number of carbonyl (C=O) groups is 1. The average Bonchev–Trinajstić information content (AvgIpc) is 3.03. The highest BCUT2D eigenvalue weighted by Gasteiger charge is 2.60. The highest BCUT2D eigenvalue weighted by Crippen LogP contribution is 2.51. The molecule has 9 heteroatoms. The number of carbonyl (C=O) groups excluding carboxylic acids is 1. The molecule has 170 valence electrons. The number of ether oxygens (including phenoxy) is 1. The first-order chi connectivity index (χ1) is 15.3. The fourth-order valence-corrected chi connectivity index (χ4v) is 6.95. The van der Waals surface area contributed by atoms with Crippen LogP contribution in [0.4, 0.5) is 0 Å². The molecular weight excluding hydrogens is 432 g/mol. The second-order valence-corrected chi connectivity index (χ2v) is 10.0. The van der Waals surface area contributed by atoms with E-state index in [2.05, 4.69) is 0 Å². The van der Waals surface area contributed by atoms with E-state index >= 15 is 0 Å². The molecule has 4 rings (SSSR count). The molecule has 4 atom stereocenters. The van der Waals surface area contributed by atoms with Crippen molar-refractivity contribution in [2.24, 2.45) is 11.8 Å². The largest absolute Gasteiger partial charge is 0.469 e. The molecule has 0 saturated carbocycles. The SMILES string of the molecule is C/C=C/c1ccc2n(c1=O)C[C@H]1[C@H](CO)[C@@H](C(=O)OC)[C@@H]2N1S(=O)(=O)c1cccc(C)c1. The number of aryl methyl sites for hydroxylation is 1. The fraction of sp³-hybridized carbons (Fsp3) is 0.391. The first-order valence-electron chi connectivity index (χ1n) is 10.4. The molecule has 3 heterocycles. The molecule has 2 bridgehead atoms. The van der Waals surface area contributed by atoms with Crippen molar-refractivity contribution in [3.8, 4) is 0 Å². The van der Waals surface area contributed by atoms with Crippen LogP contribution >= 0.6 is 0 Å². The maximum Gasteiger partial charge on any atom is 0.311 e. The molecule has 1 saturated heterocycles. The molecule has 2 aliphatic rings. The molecule has 2 aromatic rings. The minimum Gasteiger partial charge on any atom is -0.469 e. The van der Waals surface area contributed by atoms with Crippen LogP contribution in [-0.4, -0.2) is 48.1 Å². The summed E-state index contributed by atoms with van der Waals surface area (Å²) in [5, 5.41) is 10.2. The lowest BCUT2D eigenvalue weighted by atomic mass is 9.87. The summed E-state index contributed by atoms with van der Waals surface area (Å²) in [5.74, 6) is -2.26. The van der Waals surface area contributed by atoms with Crippen LogP contribution in [0.25, 0.3) is 6.08 Å². The van der Waals surface area contributed by atoms with E-state index in [0.29, 0.717) is 11.3 Å². The third-order valence-electron chi connectivity index (χ3n) is 6.40. The number of aliphatic hydroxyl groups is 1. The van der Waals surface area contributed by atoms with Gasteiger partial charge < -0.3 is 14.4 Å². The van der Waals surface area contributed by atoms with Crippen molar-refractivity contribution < 1.29 is 23.1 Å². The molecule has 0 aliphatic carbocycles. The Morgan fingerprint density at radius 3 is 2.66 bits per heavy atom. The molecule has 8 nitrogen and oxygen atoms in total. The molecular formula is C23H26N2O6S. The number of benzene rings is 1. The van der Waals surface area contributed by atoms with Crippen molar-refractivity contribution in [3.63, 3.8) is 0 Å². The van der Waals surface area contributed by atoms with Gasteiger partial charge in [0.05, 0.1) is 24.0 Å². The van der Waals surface area contributed by atoms with Gasteiger partial charge in [-0.2, -0.15) is 4.31 Å². The van der Waals surface area contributed by atoms with E-state index in [-0.39, 0.29) is 17.0 Å². The van der Waals surface area contributed by atoms with Crippen LogP contribution in [0.3, 0.4) is 0 Å². The number of hydrogen-bond donors (Lipinski definition) is 1. The smallest absolute Gasteiger partial charge is 0.311 e. The van der Waals surface area contributed by atoms with E-state index in [0.717, 1.165) is 5.56 Å². The summed E-state index contributed by atoms with van der Waals surface area (Å²) in [7, 11) is -2.79. The zero-order valence-electron chi connectivity index (χ0n) is 18.1. The minimum atomic E-state index is -4.03. The average molecular weight is 459 g/mol. The fourth-order valence-electron chi connectivity index (χ4n) is 5.01. The minimum absolute atomic E-state index is 0.0415. The van der Waals surface area contributed by atoms with Gasteiger partial charge in [-0.3, -0.25) is 9.59 Å². The van der Waals surface area contributed by atoms with Crippen LogP contribution < -0.4 is 5.56 Å². The van der Waals surface area contributed by atoms with Crippen LogP contribution in [0.15, 0.2) is 52.2 Å². The Hall–Kier alpha value is -2.75. The summed E-state index contributed by atoms with van der Waals surface area (Å²) < 4.78 is 35.4. The van der Waals surface area contributed by atoms with Crippen molar-refractivity contribution >= 4 is 22.1 Å². The van der Waals surface area contributed by atoms with E-state index in [4.69, 9.17) is 4.74 Å². The van der Waals surface area contributed by atoms with Crippen LogP contribution in [0, 0.1) is 18.8 Å². The van der Waals surface area contributed by atoms with Crippen molar-refractivity contribution in [1.29, 1.82) is 0 Å². The highest BCUT2D eigenvalue weighted by atomic mass is 32.2. The molecule has 1 aromatic heterocycles. The first kappa shape index (κ1) is 22.4. The molecule has 1 fully saturated rings. The molecule has 1 aromatic carbocycles. The van der Waals surface area contributed by atoms with E-state index in [1.165, 1.54) is 22.0 Å². The van der Waals surface area contributed by atoms with Crippen LogP contribution in [0.5, 0.6) is 0 Å². The summed E-state index contributed by atoms with van der Waals surface area (Å²) in [6.45, 7) is 3.23. The number of sulfonamides is 1. The van der Waals surface area contributed by atoms with Gasteiger partial charge in [0, 0.05) is 36.4 Å². The van der Waals surface area contributed by atoms with Gasteiger partial charge in [0.1, 0.15) is 0 Å². The van der Waals surface area contributed by atoms with E-state index < -0.39 is 46.5 Å². The number of allylic oxidation sites excluding steroid dienone is 1. The Morgan fingerprint density at radius 1 is 1.28 bits per heavy atom. The second-order valence-electron chi connectivity index (χ2n) is 8.19. The standard InChI is InChI=1S/C23H26N2O6S/c1-4-6-15-9-10-18-21-20(23(28)31-3)17(13-26)19(12-24(18)22(15)27)25(21)32(29,30)16-8-5-7-14(2)11-16/h4-11,17,19-21,26H,12-13H2,1-3H3/b6-4+/t17-,19-,20+,21+/m0/s1. The van der Waals surface area contributed by atoms with Gasteiger partial charge in [-0.15, -0.1) is 0 Å². The topological polar surface area (TPSA) is 106 Å².